The van der Waals surface area contributed by atoms with Crippen molar-refractivity contribution in [1.29, 1.82) is 0 Å². The van der Waals surface area contributed by atoms with Gasteiger partial charge in [0.05, 0.1) is 16.6 Å². The maximum absolute atomic E-state index is 13.5. The fourth-order valence-corrected chi connectivity index (χ4v) is 6.48. The van der Waals surface area contributed by atoms with Crippen molar-refractivity contribution in [3.63, 3.8) is 0 Å². The zero-order valence-corrected chi connectivity index (χ0v) is 20.4. The highest BCUT2D eigenvalue weighted by atomic mass is 32.2. The monoisotopic (exact) mass is 533 g/mol. The number of carboxylic acid groups (broad SMARTS) is 1. The molecule has 2 N–H and O–H groups in total. The number of sulfonamides is 1. The van der Waals surface area contributed by atoms with Gasteiger partial charge in [0.15, 0.2) is 0 Å². The highest BCUT2D eigenvalue weighted by molar-refractivity contribution is 7.89. The molecular weight excluding hydrogens is 506 g/mol. The van der Waals surface area contributed by atoms with Crippen molar-refractivity contribution in [3.05, 3.63) is 59.4 Å². The van der Waals surface area contributed by atoms with Crippen molar-refractivity contribution in [2.24, 2.45) is 5.41 Å². The molecule has 0 bridgehead atoms. The number of β-amino-alcohol motifs (C(OH)–C–C–N with tert-alkyl or cyclic N) is 1. The maximum atomic E-state index is 13.5. The normalized spacial score (nSPS) is 20.8. The SMILES string of the molecule is CCC1(CC)CC(O)CN(S(=O)(=O)c2ccc(OCc3cc(F)ccc3C(F)(F)F)cc2)C1C(=O)O. The van der Waals surface area contributed by atoms with Crippen LogP contribution in [0.1, 0.15) is 44.2 Å². The Kier molecular flexibility index (Phi) is 8.01. The lowest BCUT2D eigenvalue weighted by Gasteiger charge is -2.48. The number of benzene rings is 2. The van der Waals surface area contributed by atoms with Crippen molar-refractivity contribution in [2.75, 3.05) is 6.54 Å². The standard InChI is InChI=1S/C24H27F4NO6S/c1-3-23(4-2)12-17(30)13-29(21(23)22(31)32)36(33,34)19-8-6-18(7-9-19)35-14-15-11-16(25)5-10-20(15)24(26,27)28/h5-11,17,21,30H,3-4,12-14H2,1-2H3,(H,31,32). The minimum absolute atomic E-state index is 0.0243. The Bertz CT molecular complexity index is 1200. The molecule has 0 aromatic heterocycles. The number of rotatable bonds is 8. The molecule has 2 atom stereocenters. The van der Waals surface area contributed by atoms with E-state index in [0.29, 0.717) is 31.0 Å². The Hall–Kier alpha value is -2.70. The Morgan fingerprint density at radius 1 is 1.14 bits per heavy atom. The third-order valence-electron chi connectivity index (χ3n) is 6.74. The number of nitrogens with zero attached hydrogens (tertiary/aromatic N) is 1. The van der Waals surface area contributed by atoms with E-state index in [4.69, 9.17) is 4.74 Å². The molecule has 0 spiro atoms. The van der Waals surface area contributed by atoms with Gasteiger partial charge in [-0.25, -0.2) is 12.8 Å². The smallest absolute Gasteiger partial charge is 0.416 e. The van der Waals surface area contributed by atoms with Gasteiger partial charge in [0.2, 0.25) is 10.0 Å². The Labute approximate surface area is 206 Å². The topological polar surface area (TPSA) is 104 Å². The molecule has 7 nitrogen and oxygen atoms in total. The summed E-state index contributed by atoms with van der Waals surface area (Å²) in [7, 11) is -4.36. The number of aliphatic hydroxyl groups is 1. The Morgan fingerprint density at radius 2 is 1.75 bits per heavy atom. The lowest BCUT2D eigenvalue weighted by molar-refractivity contribution is -0.151. The van der Waals surface area contributed by atoms with Crippen LogP contribution in [0.25, 0.3) is 0 Å². The highest BCUT2D eigenvalue weighted by Gasteiger charge is 2.53. The van der Waals surface area contributed by atoms with E-state index < -0.39 is 63.3 Å². The minimum atomic E-state index is -4.71. The molecule has 0 saturated carbocycles. The molecule has 3 rings (SSSR count). The second kappa shape index (κ2) is 10.3. The van der Waals surface area contributed by atoms with E-state index in [-0.39, 0.29) is 23.6 Å². The molecule has 0 aliphatic carbocycles. The van der Waals surface area contributed by atoms with Crippen LogP contribution in [0.15, 0.2) is 47.4 Å². The number of aliphatic hydroxyl groups excluding tert-OH is 1. The molecule has 1 aliphatic rings. The third-order valence-corrected chi connectivity index (χ3v) is 8.59. The number of piperidine rings is 1. The van der Waals surface area contributed by atoms with E-state index in [2.05, 4.69) is 0 Å². The van der Waals surface area contributed by atoms with E-state index >= 15 is 0 Å². The number of carboxylic acids is 1. The number of alkyl halides is 3. The number of hydrogen-bond donors (Lipinski definition) is 2. The summed E-state index contributed by atoms with van der Waals surface area (Å²) >= 11 is 0. The van der Waals surface area contributed by atoms with Crippen LogP contribution in [0.5, 0.6) is 5.75 Å². The van der Waals surface area contributed by atoms with E-state index in [0.717, 1.165) is 16.4 Å². The van der Waals surface area contributed by atoms with Crippen LogP contribution >= 0.6 is 0 Å². The summed E-state index contributed by atoms with van der Waals surface area (Å²) in [6.45, 7) is 2.49. The summed E-state index contributed by atoms with van der Waals surface area (Å²) in [5.74, 6) is -2.16. The average molecular weight is 534 g/mol. The first-order valence-corrected chi connectivity index (χ1v) is 12.7. The maximum Gasteiger partial charge on any atom is 0.416 e. The first-order valence-electron chi connectivity index (χ1n) is 11.3. The van der Waals surface area contributed by atoms with E-state index in [1.165, 1.54) is 12.1 Å². The lowest BCUT2D eigenvalue weighted by atomic mass is 9.69. The Balaban J connectivity index is 1.86. The number of carbonyl (C=O) groups is 1. The zero-order chi connectivity index (χ0) is 26.9. The fourth-order valence-electron chi connectivity index (χ4n) is 4.77. The molecule has 198 valence electrons. The van der Waals surface area contributed by atoms with Gasteiger partial charge in [-0.05, 0) is 67.1 Å². The first kappa shape index (κ1) is 27.9. The van der Waals surface area contributed by atoms with Crippen molar-refractivity contribution in [3.8, 4) is 5.75 Å². The molecular formula is C24H27F4NO6S. The average Bonchev–Trinajstić information content (AvgIpc) is 2.81. The molecule has 2 aromatic carbocycles. The van der Waals surface area contributed by atoms with Crippen LogP contribution in [0.3, 0.4) is 0 Å². The predicted octanol–water partition coefficient (Wildman–Crippen LogP) is 4.44. The van der Waals surface area contributed by atoms with Crippen molar-refractivity contribution in [2.45, 2.75) is 62.9 Å². The summed E-state index contributed by atoms with van der Waals surface area (Å²) < 4.78 is 85.9. The van der Waals surface area contributed by atoms with Crippen molar-refractivity contribution >= 4 is 16.0 Å². The minimum Gasteiger partial charge on any atom is -0.489 e. The summed E-state index contributed by atoms with van der Waals surface area (Å²) in [6, 6.07) is 5.34. The number of halogens is 4. The number of ether oxygens (including phenoxy) is 1. The third kappa shape index (κ3) is 5.50. The van der Waals surface area contributed by atoms with Crippen molar-refractivity contribution < 1.29 is 45.7 Å². The first-order chi connectivity index (χ1) is 16.7. The molecule has 1 heterocycles. The van der Waals surface area contributed by atoms with Gasteiger partial charge >= 0.3 is 12.1 Å². The fraction of sp³-hybridized carbons (Fsp3) is 0.458. The van der Waals surface area contributed by atoms with Gasteiger partial charge in [-0.15, -0.1) is 0 Å². The van der Waals surface area contributed by atoms with Crippen LogP contribution < -0.4 is 4.74 Å². The van der Waals surface area contributed by atoms with Gasteiger partial charge in [-0.1, -0.05) is 13.8 Å². The van der Waals surface area contributed by atoms with Gasteiger partial charge < -0.3 is 14.9 Å². The molecule has 1 aliphatic heterocycles. The molecule has 2 aromatic rings. The van der Waals surface area contributed by atoms with Gasteiger partial charge in [0.25, 0.3) is 0 Å². The molecule has 2 unspecified atom stereocenters. The molecule has 0 radical (unpaired) electrons. The molecule has 0 amide bonds. The molecule has 12 heteroatoms. The van der Waals surface area contributed by atoms with Gasteiger partial charge in [0, 0.05) is 12.1 Å². The van der Waals surface area contributed by atoms with Gasteiger partial charge in [-0.2, -0.15) is 17.5 Å². The van der Waals surface area contributed by atoms with Gasteiger partial charge in [-0.3, -0.25) is 4.79 Å². The van der Waals surface area contributed by atoms with E-state index in [1.54, 1.807) is 13.8 Å². The molecule has 1 fully saturated rings. The lowest BCUT2D eigenvalue weighted by Crippen LogP contribution is -2.61. The second-order valence-corrected chi connectivity index (χ2v) is 10.7. The van der Waals surface area contributed by atoms with Crippen LogP contribution in [-0.2, 0) is 27.6 Å². The van der Waals surface area contributed by atoms with Gasteiger partial charge in [0.1, 0.15) is 24.2 Å². The number of hydrogen-bond acceptors (Lipinski definition) is 5. The second-order valence-electron chi connectivity index (χ2n) is 8.80. The quantitative estimate of drug-likeness (QED) is 0.487. The van der Waals surface area contributed by atoms with E-state index in [1.807, 2.05) is 0 Å². The predicted molar refractivity (Wildman–Crippen MR) is 121 cm³/mol. The summed E-state index contributed by atoms with van der Waals surface area (Å²) in [5, 5.41) is 20.3. The van der Waals surface area contributed by atoms with Crippen LogP contribution in [0, 0.1) is 11.2 Å². The van der Waals surface area contributed by atoms with Crippen LogP contribution in [0.2, 0.25) is 0 Å². The highest BCUT2D eigenvalue weighted by Crippen LogP contribution is 2.44. The summed E-state index contributed by atoms with van der Waals surface area (Å²) in [6.07, 6.45) is -4.93. The molecule has 36 heavy (non-hydrogen) atoms. The van der Waals surface area contributed by atoms with Crippen LogP contribution in [0.4, 0.5) is 17.6 Å². The van der Waals surface area contributed by atoms with Crippen LogP contribution in [-0.4, -0.2) is 47.6 Å². The summed E-state index contributed by atoms with van der Waals surface area (Å²) in [4.78, 5) is 11.9. The largest absolute Gasteiger partial charge is 0.489 e. The summed E-state index contributed by atoms with van der Waals surface area (Å²) in [5.41, 5.74) is -2.44. The molecule has 1 saturated heterocycles. The van der Waals surface area contributed by atoms with E-state index in [9.17, 15) is 41.0 Å². The Morgan fingerprint density at radius 3 is 2.28 bits per heavy atom. The van der Waals surface area contributed by atoms with Crippen molar-refractivity contribution in [1.82, 2.24) is 4.31 Å². The number of aliphatic carboxylic acids is 1. The zero-order valence-electron chi connectivity index (χ0n) is 19.6.